The van der Waals surface area contributed by atoms with E-state index in [9.17, 15) is 5.11 Å². The quantitative estimate of drug-likeness (QED) is 0.714. The Hall–Kier alpha value is -1.58. The molecular formula is C16H24N2O3. The second kappa shape index (κ2) is 9.37. The highest BCUT2D eigenvalue weighted by atomic mass is 16.5. The molecule has 0 fully saturated rings. The third kappa shape index (κ3) is 6.15. The van der Waals surface area contributed by atoms with E-state index in [0.717, 1.165) is 16.9 Å². The predicted octanol–water partition coefficient (Wildman–Crippen LogP) is 0.445. The highest BCUT2D eigenvalue weighted by molar-refractivity contribution is 5.44. The number of ether oxygens (including phenoxy) is 2. The Kier molecular flexibility index (Phi) is 7.80. The summed E-state index contributed by atoms with van der Waals surface area (Å²) in [6, 6.07) is 5.79. The Morgan fingerprint density at radius 2 is 2.14 bits per heavy atom. The van der Waals surface area contributed by atoms with Crippen LogP contribution in [0.3, 0.4) is 0 Å². The lowest BCUT2D eigenvalue weighted by Gasteiger charge is -2.21. The molecule has 0 bridgehead atoms. The van der Waals surface area contributed by atoms with Crippen LogP contribution in [0.25, 0.3) is 0 Å². The first-order valence-electron chi connectivity index (χ1n) is 6.82. The van der Waals surface area contributed by atoms with Crippen LogP contribution in [0.4, 0.5) is 0 Å². The first-order valence-corrected chi connectivity index (χ1v) is 6.82. The maximum absolute atomic E-state index is 9.76. The van der Waals surface area contributed by atoms with Crippen molar-refractivity contribution in [2.45, 2.75) is 12.6 Å². The molecule has 0 saturated heterocycles. The van der Waals surface area contributed by atoms with Crippen LogP contribution >= 0.6 is 0 Å². The van der Waals surface area contributed by atoms with Gasteiger partial charge in [-0.2, -0.15) is 0 Å². The number of nitrogens with two attached hydrogens (primary N) is 1. The van der Waals surface area contributed by atoms with E-state index in [-0.39, 0.29) is 0 Å². The fraction of sp³-hybridized carbons (Fsp3) is 0.500. The molecule has 1 rings (SSSR count). The Bertz CT molecular complexity index is 494. The molecule has 0 aromatic heterocycles. The maximum atomic E-state index is 9.76. The minimum atomic E-state index is -0.508. The molecule has 0 amide bonds. The summed E-state index contributed by atoms with van der Waals surface area (Å²) in [6.07, 6.45) is -0.508. The van der Waals surface area contributed by atoms with E-state index in [4.69, 9.17) is 15.2 Å². The zero-order valence-electron chi connectivity index (χ0n) is 12.9. The lowest BCUT2D eigenvalue weighted by Crippen LogP contribution is -2.31. The minimum Gasteiger partial charge on any atom is -0.496 e. The van der Waals surface area contributed by atoms with Gasteiger partial charge in [0.05, 0.1) is 26.4 Å². The van der Waals surface area contributed by atoms with Crippen molar-refractivity contribution < 1.29 is 14.6 Å². The Morgan fingerprint density at radius 3 is 2.76 bits per heavy atom. The Balaban J connectivity index is 2.79. The van der Waals surface area contributed by atoms with Crippen LogP contribution in [0.1, 0.15) is 11.1 Å². The van der Waals surface area contributed by atoms with Crippen LogP contribution in [-0.2, 0) is 11.3 Å². The van der Waals surface area contributed by atoms with Gasteiger partial charge in [0.2, 0.25) is 0 Å². The fourth-order valence-corrected chi connectivity index (χ4v) is 2.09. The number of rotatable bonds is 7. The van der Waals surface area contributed by atoms with E-state index in [1.807, 2.05) is 30.1 Å². The highest BCUT2D eigenvalue weighted by Gasteiger charge is 2.11. The second-order valence-corrected chi connectivity index (χ2v) is 4.84. The lowest BCUT2D eigenvalue weighted by atomic mass is 10.1. The fourth-order valence-electron chi connectivity index (χ4n) is 2.09. The molecule has 0 saturated carbocycles. The van der Waals surface area contributed by atoms with Crippen LogP contribution in [0.15, 0.2) is 18.2 Å². The summed E-state index contributed by atoms with van der Waals surface area (Å²) in [5.74, 6) is 6.66. The number of aliphatic hydroxyl groups is 1. The van der Waals surface area contributed by atoms with Crippen LogP contribution in [0.2, 0.25) is 0 Å². The van der Waals surface area contributed by atoms with Crippen molar-refractivity contribution >= 4 is 0 Å². The average Bonchev–Trinajstić information content (AvgIpc) is 2.45. The summed E-state index contributed by atoms with van der Waals surface area (Å²) in [7, 11) is 5.16. The summed E-state index contributed by atoms with van der Waals surface area (Å²) in [6.45, 7) is 1.84. The standard InChI is InChI=1S/C16H24N2O3/c1-18(11-15(19)12-20-2)10-14-9-13(5-4-8-17)6-7-16(14)21-3/h6-7,9,15,19H,8,10-12,17H2,1-3H3. The summed E-state index contributed by atoms with van der Waals surface area (Å²) in [5.41, 5.74) is 7.31. The predicted molar refractivity (Wildman–Crippen MR) is 83.1 cm³/mol. The van der Waals surface area contributed by atoms with Gasteiger partial charge < -0.3 is 20.3 Å². The van der Waals surface area contributed by atoms with E-state index in [1.54, 1.807) is 14.2 Å². The van der Waals surface area contributed by atoms with Gasteiger partial charge in [-0.25, -0.2) is 0 Å². The van der Waals surface area contributed by atoms with Gasteiger partial charge in [0.25, 0.3) is 0 Å². The molecule has 0 spiro atoms. The monoisotopic (exact) mass is 292 g/mol. The number of hydrogen-bond acceptors (Lipinski definition) is 5. The van der Waals surface area contributed by atoms with Crippen molar-refractivity contribution in [3.8, 4) is 17.6 Å². The van der Waals surface area contributed by atoms with E-state index in [2.05, 4.69) is 11.8 Å². The van der Waals surface area contributed by atoms with Gasteiger partial charge in [-0.15, -0.1) is 0 Å². The molecule has 0 aliphatic heterocycles. The molecule has 1 atom stereocenters. The largest absolute Gasteiger partial charge is 0.496 e. The van der Waals surface area contributed by atoms with Crippen molar-refractivity contribution in [1.82, 2.24) is 4.90 Å². The first-order chi connectivity index (χ1) is 10.1. The van der Waals surface area contributed by atoms with Crippen molar-refractivity contribution in [3.05, 3.63) is 29.3 Å². The van der Waals surface area contributed by atoms with E-state index in [0.29, 0.717) is 26.2 Å². The van der Waals surface area contributed by atoms with Gasteiger partial charge in [0.1, 0.15) is 5.75 Å². The molecule has 116 valence electrons. The van der Waals surface area contributed by atoms with Crippen molar-refractivity contribution in [2.75, 3.05) is 41.0 Å². The molecule has 3 N–H and O–H groups in total. The number of aliphatic hydroxyl groups excluding tert-OH is 1. The molecule has 5 heteroatoms. The van der Waals surface area contributed by atoms with Gasteiger partial charge in [0, 0.05) is 31.3 Å². The van der Waals surface area contributed by atoms with E-state index < -0.39 is 6.10 Å². The van der Waals surface area contributed by atoms with E-state index >= 15 is 0 Å². The molecule has 0 radical (unpaired) electrons. The smallest absolute Gasteiger partial charge is 0.123 e. The summed E-state index contributed by atoms with van der Waals surface area (Å²) in [4.78, 5) is 2.02. The van der Waals surface area contributed by atoms with Crippen LogP contribution in [0.5, 0.6) is 5.75 Å². The molecule has 1 unspecified atom stereocenters. The van der Waals surface area contributed by atoms with Gasteiger partial charge in [-0.1, -0.05) is 11.8 Å². The van der Waals surface area contributed by atoms with Gasteiger partial charge >= 0.3 is 0 Å². The molecular weight excluding hydrogens is 268 g/mol. The van der Waals surface area contributed by atoms with Gasteiger partial charge in [-0.3, -0.25) is 4.90 Å². The first kappa shape index (κ1) is 17.5. The molecule has 1 aromatic carbocycles. The number of nitrogens with zero attached hydrogens (tertiary/aromatic N) is 1. The topological polar surface area (TPSA) is 68.0 Å². The molecule has 1 aromatic rings. The third-order valence-corrected chi connectivity index (χ3v) is 2.94. The average molecular weight is 292 g/mol. The Morgan fingerprint density at radius 1 is 1.38 bits per heavy atom. The summed E-state index contributed by atoms with van der Waals surface area (Å²) >= 11 is 0. The van der Waals surface area contributed by atoms with Crippen molar-refractivity contribution in [1.29, 1.82) is 0 Å². The molecule has 0 heterocycles. The normalized spacial score (nSPS) is 11.9. The van der Waals surface area contributed by atoms with Gasteiger partial charge in [0.15, 0.2) is 0 Å². The third-order valence-electron chi connectivity index (χ3n) is 2.94. The Labute approximate surface area is 126 Å². The lowest BCUT2D eigenvalue weighted by molar-refractivity contribution is 0.0417. The van der Waals surface area contributed by atoms with E-state index in [1.165, 1.54) is 0 Å². The summed E-state index contributed by atoms with van der Waals surface area (Å²) in [5, 5.41) is 9.76. The molecule has 21 heavy (non-hydrogen) atoms. The molecule has 5 nitrogen and oxygen atoms in total. The summed E-state index contributed by atoms with van der Waals surface area (Å²) < 4.78 is 10.3. The zero-order chi connectivity index (χ0) is 15.7. The number of methoxy groups -OCH3 is 2. The van der Waals surface area contributed by atoms with Crippen LogP contribution < -0.4 is 10.5 Å². The SMILES string of the molecule is COCC(O)CN(C)Cc1cc(C#CCN)ccc1OC. The van der Waals surface area contributed by atoms with Gasteiger partial charge in [-0.05, 0) is 25.2 Å². The van der Waals surface area contributed by atoms with Crippen molar-refractivity contribution in [3.63, 3.8) is 0 Å². The van der Waals surface area contributed by atoms with Crippen LogP contribution in [-0.4, -0.2) is 57.1 Å². The number of benzene rings is 1. The number of likely N-dealkylation sites (N-methyl/N-ethyl adjacent to an activating group) is 1. The number of hydrogen-bond donors (Lipinski definition) is 2. The second-order valence-electron chi connectivity index (χ2n) is 4.84. The highest BCUT2D eigenvalue weighted by Crippen LogP contribution is 2.21. The zero-order valence-corrected chi connectivity index (χ0v) is 12.9. The van der Waals surface area contributed by atoms with Crippen LogP contribution in [0, 0.1) is 11.8 Å². The molecule has 0 aliphatic rings. The maximum Gasteiger partial charge on any atom is 0.123 e. The van der Waals surface area contributed by atoms with Crippen molar-refractivity contribution in [2.24, 2.45) is 5.73 Å². The minimum absolute atomic E-state index is 0.323. The molecule has 0 aliphatic carbocycles.